The quantitative estimate of drug-likeness (QED) is 0.566. The van der Waals surface area contributed by atoms with Gasteiger partial charge in [-0.3, -0.25) is 9.10 Å². The summed E-state index contributed by atoms with van der Waals surface area (Å²) in [6, 6.07) is 19.6. The highest BCUT2D eigenvalue weighted by atomic mass is 32.2. The summed E-state index contributed by atoms with van der Waals surface area (Å²) in [5.41, 5.74) is 3.96. The molecule has 0 aromatic heterocycles. The molecule has 3 aromatic carbocycles. The minimum atomic E-state index is -3.90. The monoisotopic (exact) mass is 507 g/mol. The molecule has 36 heavy (non-hydrogen) atoms. The van der Waals surface area contributed by atoms with Gasteiger partial charge in [0.05, 0.1) is 30.3 Å². The number of nitrogens with one attached hydrogen (secondary N) is 1. The molecule has 1 saturated heterocycles. The average Bonchev–Trinajstić information content (AvgIpc) is 2.89. The largest absolute Gasteiger partial charge is 0.476 e. The summed E-state index contributed by atoms with van der Waals surface area (Å²) >= 11 is 0. The van der Waals surface area contributed by atoms with E-state index in [0.29, 0.717) is 30.3 Å². The van der Waals surface area contributed by atoms with Crippen LogP contribution in [0.15, 0.2) is 71.6 Å². The van der Waals surface area contributed by atoms with Gasteiger partial charge in [0.1, 0.15) is 5.75 Å². The molecule has 2 aliphatic heterocycles. The number of hydrogen-bond acceptors (Lipinski definition) is 6. The number of morpholine rings is 1. The van der Waals surface area contributed by atoms with Gasteiger partial charge >= 0.3 is 0 Å². The number of carbonyl (C=O) groups excluding carboxylic acids is 1. The number of nitrogens with zero attached hydrogens (tertiary/aromatic N) is 2. The Bertz CT molecular complexity index is 1350. The van der Waals surface area contributed by atoms with E-state index in [2.05, 4.69) is 10.2 Å². The number of aryl methyl sites for hydroxylation is 2. The summed E-state index contributed by atoms with van der Waals surface area (Å²) in [4.78, 5) is 15.6. The maximum Gasteiger partial charge on any atom is 0.267 e. The second kappa shape index (κ2) is 9.83. The smallest absolute Gasteiger partial charge is 0.267 e. The molecule has 2 heterocycles. The summed E-state index contributed by atoms with van der Waals surface area (Å²) in [7, 11) is -3.90. The summed E-state index contributed by atoms with van der Waals surface area (Å²) in [5.74, 6) is -0.0508. The van der Waals surface area contributed by atoms with Crippen LogP contribution in [0.1, 0.15) is 11.1 Å². The number of anilines is 3. The van der Waals surface area contributed by atoms with Gasteiger partial charge in [-0.1, -0.05) is 23.8 Å². The minimum absolute atomic E-state index is 0.135. The molecule has 3 aromatic rings. The molecule has 1 amide bonds. The zero-order chi connectivity index (χ0) is 25.3. The maximum atomic E-state index is 13.6. The molecule has 0 aliphatic carbocycles. The first-order valence-electron chi connectivity index (χ1n) is 11.9. The Balaban J connectivity index is 1.38. The standard InChI is InChI=1S/C27H29N3O5S/c1-19-3-10-23(11-4-19)36(32,33)30-18-26(35-25-17-20(2)5-12-24(25)30)27(31)28-21-6-8-22(9-7-21)29-13-15-34-16-14-29/h3-12,17,26H,13-16,18H2,1-2H3,(H,28,31)/t26-/m1/s1. The molecule has 9 heteroatoms. The van der Waals surface area contributed by atoms with Crippen molar-refractivity contribution in [1.82, 2.24) is 0 Å². The maximum absolute atomic E-state index is 13.6. The number of benzene rings is 3. The Morgan fingerprint density at radius 3 is 2.28 bits per heavy atom. The third kappa shape index (κ3) is 4.89. The Hall–Kier alpha value is -3.56. The first-order chi connectivity index (χ1) is 17.3. The van der Waals surface area contributed by atoms with Crippen molar-refractivity contribution in [2.75, 3.05) is 47.4 Å². The number of carbonyl (C=O) groups is 1. The number of sulfonamides is 1. The normalized spacial score (nSPS) is 17.8. The molecule has 0 unspecified atom stereocenters. The van der Waals surface area contributed by atoms with Crippen molar-refractivity contribution in [1.29, 1.82) is 0 Å². The van der Waals surface area contributed by atoms with Crippen molar-refractivity contribution in [3.8, 4) is 5.75 Å². The fourth-order valence-electron chi connectivity index (χ4n) is 4.36. The van der Waals surface area contributed by atoms with Gasteiger partial charge < -0.3 is 19.7 Å². The van der Waals surface area contributed by atoms with E-state index in [1.165, 1.54) is 4.31 Å². The predicted molar refractivity (Wildman–Crippen MR) is 139 cm³/mol. The summed E-state index contributed by atoms with van der Waals surface area (Å²) in [6.45, 7) is 6.70. The first kappa shape index (κ1) is 24.1. The van der Waals surface area contributed by atoms with Crippen LogP contribution in [-0.2, 0) is 19.6 Å². The van der Waals surface area contributed by atoms with Crippen molar-refractivity contribution in [3.05, 3.63) is 77.9 Å². The molecule has 8 nitrogen and oxygen atoms in total. The van der Waals surface area contributed by atoms with Gasteiger partial charge in [-0.25, -0.2) is 8.42 Å². The van der Waals surface area contributed by atoms with E-state index in [4.69, 9.17) is 9.47 Å². The number of amides is 1. The molecule has 0 saturated carbocycles. The molecule has 188 valence electrons. The number of hydrogen-bond donors (Lipinski definition) is 1. The first-order valence-corrected chi connectivity index (χ1v) is 13.4. The van der Waals surface area contributed by atoms with E-state index in [0.717, 1.165) is 29.9 Å². The number of fused-ring (bicyclic) bond motifs is 1. The molecule has 1 N–H and O–H groups in total. The lowest BCUT2D eigenvalue weighted by Gasteiger charge is -2.35. The van der Waals surface area contributed by atoms with Gasteiger partial charge in [-0.2, -0.15) is 0 Å². The van der Waals surface area contributed by atoms with Crippen molar-refractivity contribution in [3.63, 3.8) is 0 Å². The second-order valence-electron chi connectivity index (χ2n) is 9.06. The molecular formula is C27H29N3O5S. The van der Waals surface area contributed by atoms with Gasteiger partial charge in [-0.05, 0) is 67.9 Å². The third-order valence-corrected chi connectivity index (χ3v) is 8.19. The van der Waals surface area contributed by atoms with Crippen LogP contribution in [0.4, 0.5) is 17.1 Å². The molecule has 2 aliphatic rings. The minimum Gasteiger partial charge on any atom is -0.476 e. The molecule has 0 spiro atoms. The Morgan fingerprint density at radius 1 is 0.917 bits per heavy atom. The average molecular weight is 508 g/mol. The highest BCUT2D eigenvalue weighted by Gasteiger charge is 2.37. The lowest BCUT2D eigenvalue weighted by atomic mass is 10.1. The fraction of sp³-hybridized carbons (Fsp3) is 0.296. The van der Waals surface area contributed by atoms with Gasteiger partial charge in [0.15, 0.2) is 6.10 Å². The predicted octanol–water partition coefficient (Wildman–Crippen LogP) is 3.74. The molecule has 1 atom stereocenters. The topological polar surface area (TPSA) is 88.2 Å². The van der Waals surface area contributed by atoms with E-state index in [1.54, 1.807) is 36.4 Å². The van der Waals surface area contributed by atoms with Crippen molar-refractivity contribution < 1.29 is 22.7 Å². The van der Waals surface area contributed by atoms with Crippen LogP contribution in [0.3, 0.4) is 0 Å². The van der Waals surface area contributed by atoms with Crippen molar-refractivity contribution >= 4 is 33.0 Å². The van der Waals surface area contributed by atoms with E-state index < -0.39 is 22.0 Å². The Morgan fingerprint density at radius 2 is 1.58 bits per heavy atom. The van der Waals surface area contributed by atoms with E-state index >= 15 is 0 Å². The summed E-state index contributed by atoms with van der Waals surface area (Å²) in [6.07, 6.45) is -1.02. The van der Waals surface area contributed by atoms with Crippen LogP contribution in [0.2, 0.25) is 0 Å². The highest BCUT2D eigenvalue weighted by molar-refractivity contribution is 7.92. The molecular weight excluding hydrogens is 478 g/mol. The van der Waals surface area contributed by atoms with Gasteiger partial charge in [0, 0.05) is 24.5 Å². The summed E-state index contributed by atoms with van der Waals surface area (Å²) < 4.78 is 39.8. The van der Waals surface area contributed by atoms with E-state index in [-0.39, 0.29) is 11.4 Å². The lowest BCUT2D eigenvalue weighted by Crippen LogP contribution is -2.48. The number of ether oxygens (including phenoxy) is 2. The van der Waals surface area contributed by atoms with Crippen LogP contribution >= 0.6 is 0 Å². The van der Waals surface area contributed by atoms with Crippen LogP contribution in [0, 0.1) is 13.8 Å². The fourth-order valence-corrected chi connectivity index (χ4v) is 5.84. The van der Waals surface area contributed by atoms with E-state index in [9.17, 15) is 13.2 Å². The molecule has 0 bridgehead atoms. The highest BCUT2D eigenvalue weighted by Crippen LogP contribution is 2.38. The Labute approximate surface area is 211 Å². The molecule has 1 fully saturated rings. The third-order valence-electron chi connectivity index (χ3n) is 6.40. The van der Waals surface area contributed by atoms with Crippen LogP contribution in [0.5, 0.6) is 5.75 Å². The van der Waals surface area contributed by atoms with Crippen LogP contribution < -0.4 is 19.3 Å². The van der Waals surface area contributed by atoms with Gasteiger partial charge in [0.2, 0.25) is 0 Å². The molecule has 5 rings (SSSR count). The zero-order valence-electron chi connectivity index (χ0n) is 20.3. The van der Waals surface area contributed by atoms with Crippen LogP contribution in [-0.4, -0.2) is 53.3 Å². The van der Waals surface area contributed by atoms with Gasteiger partial charge in [0.25, 0.3) is 15.9 Å². The van der Waals surface area contributed by atoms with E-state index in [1.807, 2.05) is 44.2 Å². The van der Waals surface area contributed by atoms with Gasteiger partial charge in [-0.15, -0.1) is 0 Å². The SMILES string of the molecule is Cc1ccc(S(=O)(=O)N2C[C@H](C(=O)Nc3ccc(N4CCOCC4)cc3)Oc3cc(C)ccc32)cc1. The zero-order valence-corrected chi connectivity index (χ0v) is 21.1. The summed E-state index contributed by atoms with van der Waals surface area (Å²) in [5, 5.41) is 2.88. The van der Waals surface area contributed by atoms with Crippen molar-refractivity contribution in [2.45, 2.75) is 24.8 Å². The van der Waals surface area contributed by atoms with Crippen LogP contribution in [0.25, 0.3) is 0 Å². The van der Waals surface area contributed by atoms with Crippen molar-refractivity contribution in [2.24, 2.45) is 0 Å². The molecule has 0 radical (unpaired) electrons. The Kier molecular flexibility index (Phi) is 6.59. The second-order valence-corrected chi connectivity index (χ2v) is 10.9. The number of rotatable bonds is 5. The lowest BCUT2D eigenvalue weighted by molar-refractivity contribution is -0.122.